The summed E-state index contributed by atoms with van der Waals surface area (Å²) in [6, 6.07) is 20.3. The molecular weight excluding hydrogens is 409 g/mol. The van der Waals surface area contributed by atoms with E-state index in [-0.39, 0.29) is 23.7 Å². The highest BCUT2D eigenvalue weighted by atomic mass is 19.1. The molecule has 3 aromatic carbocycles. The second-order valence-electron chi connectivity index (χ2n) is 7.45. The smallest absolute Gasteiger partial charge is 0.407 e. The number of nitrogens with one attached hydrogen (secondary N) is 1. The van der Waals surface area contributed by atoms with Gasteiger partial charge in [0.25, 0.3) is 0 Å². The Balaban J connectivity index is 1.29. The molecule has 0 fully saturated rings. The highest BCUT2D eigenvalue weighted by Gasteiger charge is 2.28. The molecule has 0 bridgehead atoms. The van der Waals surface area contributed by atoms with E-state index in [2.05, 4.69) is 29.6 Å². The number of benzene rings is 3. The number of alkyl carbamates (subject to hydrolysis) is 1. The Kier molecular flexibility index (Phi) is 6.31. The zero-order valence-corrected chi connectivity index (χ0v) is 17.3. The highest BCUT2D eigenvalue weighted by Crippen LogP contribution is 2.44. The number of hydrogen-bond acceptors (Lipinski definition) is 3. The van der Waals surface area contributed by atoms with Crippen molar-refractivity contribution >= 4 is 18.1 Å². The van der Waals surface area contributed by atoms with Crippen LogP contribution in [-0.2, 0) is 4.74 Å². The van der Waals surface area contributed by atoms with E-state index in [0.717, 1.165) is 17.2 Å². The van der Waals surface area contributed by atoms with Crippen LogP contribution in [-0.4, -0.2) is 30.3 Å². The minimum atomic E-state index is -1.32. The monoisotopic (exact) mass is 431 g/mol. The number of hydrogen-bond donors (Lipinski definition) is 2. The molecule has 2 N–H and O–H groups in total. The summed E-state index contributed by atoms with van der Waals surface area (Å²) in [4.78, 5) is 23.4. The summed E-state index contributed by atoms with van der Waals surface area (Å²) < 4.78 is 19.2. The summed E-state index contributed by atoms with van der Waals surface area (Å²) in [5.74, 6) is -2.11. The van der Waals surface area contributed by atoms with Crippen LogP contribution < -0.4 is 5.32 Å². The van der Waals surface area contributed by atoms with Crippen LogP contribution in [0.4, 0.5) is 9.18 Å². The molecule has 1 aliphatic rings. The van der Waals surface area contributed by atoms with E-state index in [1.165, 1.54) is 29.3 Å². The van der Waals surface area contributed by atoms with Gasteiger partial charge in [-0.3, -0.25) is 0 Å². The molecule has 4 rings (SSSR count). The minimum Gasteiger partial charge on any atom is -0.478 e. The van der Waals surface area contributed by atoms with Gasteiger partial charge in [0.05, 0.1) is 0 Å². The number of carboxylic acid groups (broad SMARTS) is 1. The molecular formula is C26H22FNO4. The standard InChI is InChI=1S/C26H22FNO4/c27-23-14-7-9-17(24(23)25(29)30)8-5-6-15-28-26(31)32-16-22-20-12-3-1-10-18(20)19-11-2-4-13-21(19)22/h1-5,7-14,22H,6,15-16H2,(H,28,31)(H,29,30). The molecule has 5 nitrogen and oxygen atoms in total. The van der Waals surface area contributed by atoms with E-state index >= 15 is 0 Å². The molecule has 0 aliphatic heterocycles. The number of carbonyl (C=O) groups is 2. The average Bonchev–Trinajstić information content (AvgIpc) is 3.11. The maximum absolute atomic E-state index is 13.7. The second kappa shape index (κ2) is 9.47. The highest BCUT2D eigenvalue weighted by molar-refractivity contribution is 5.92. The lowest BCUT2D eigenvalue weighted by Crippen LogP contribution is -2.26. The average molecular weight is 431 g/mol. The Morgan fingerprint density at radius 1 is 0.969 bits per heavy atom. The SMILES string of the molecule is O=C(NCCC=Cc1cccc(F)c1C(=O)O)OCC1c2ccccc2-c2ccccc21. The first-order chi connectivity index (χ1) is 15.6. The van der Waals surface area contributed by atoms with Crippen molar-refractivity contribution in [3.63, 3.8) is 0 Å². The molecule has 0 saturated carbocycles. The van der Waals surface area contributed by atoms with Gasteiger partial charge in [0.15, 0.2) is 0 Å². The van der Waals surface area contributed by atoms with Crippen LogP contribution in [0, 0.1) is 5.82 Å². The molecule has 0 unspecified atom stereocenters. The van der Waals surface area contributed by atoms with Crippen molar-refractivity contribution in [2.75, 3.05) is 13.2 Å². The maximum Gasteiger partial charge on any atom is 0.407 e. The quantitative estimate of drug-likeness (QED) is 0.487. The molecule has 6 heteroatoms. The number of rotatable bonds is 7. The van der Waals surface area contributed by atoms with Crippen LogP contribution in [0.2, 0.25) is 0 Å². The van der Waals surface area contributed by atoms with Gasteiger partial charge in [-0.1, -0.05) is 72.8 Å². The Labute approximate surface area is 185 Å². The Bertz CT molecular complexity index is 1140. The first-order valence-corrected chi connectivity index (χ1v) is 10.3. The number of carbonyl (C=O) groups excluding carboxylic acids is 1. The van der Waals surface area contributed by atoms with Gasteiger partial charge in [0, 0.05) is 12.5 Å². The number of carboxylic acids is 1. The predicted octanol–water partition coefficient (Wildman–Crippen LogP) is 5.47. The molecule has 1 amide bonds. The number of halogens is 1. The Morgan fingerprint density at radius 3 is 2.28 bits per heavy atom. The largest absolute Gasteiger partial charge is 0.478 e. The van der Waals surface area contributed by atoms with E-state index < -0.39 is 17.9 Å². The third-order valence-electron chi connectivity index (χ3n) is 5.48. The van der Waals surface area contributed by atoms with Gasteiger partial charge >= 0.3 is 12.1 Å². The predicted molar refractivity (Wildman–Crippen MR) is 120 cm³/mol. The van der Waals surface area contributed by atoms with Gasteiger partial charge in [-0.05, 0) is 40.3 Å². The van der Waals surface area contributed by atoms with Crippen molar-refractivity contribution < 1.29 is 23.8 Å². The summed E-state index contributed by atoms with van der Waals surface area (Å²) in [5.41, 5.74) is 4.54. The van der Waals surface area contributed by atoms with E-state index in [1.54, 1.807) is 6.08 Å². The topological polar surface area (TPSA) is 75.6 Å². The summed E-state index contributed by atoms with van der Waals surface area (Å²) >= 11 is 0. The van der Waals surface area contributed by atoms with Crippen LogP contribution in [0.25, 0.3) is 17.2 Å². The zero-order valence-electron chi connectivity index (χ0n) is 17.3. The number of aromatic carboxylic acids is 1. The van der Waals surface area contributed by atoms with Crippen molar-refractivity contribution in [1.82, 2.24) is 5.32 Å². The summed E-state index contributed by atoms with van der Waals surface area (Å²) in [5, 5.41) is 11.8. The van der Waals surface area contributed by atoms with Crippen LogP contribution >= 0.6 is 0 Å². The zero-order chi connectivity index (χ0) is 22.5. The number of fused-ring (bicyclic) bond motifs is 3. The fraction of sp³-hybridized carbons (Fsp3) is 0.154. The van der Waals surface area contributed by atoms with Crippen LogP contribution in [0.15, 0.2) is 72.8 Å². The molecule has 3 aromatic rings. The molecule has 0 aromatic heterocycles. The maximum atomic E-state index is 13.7. The van der Waals surface area contributed by atoms with E-state index in [0.29, 0.717) is 13.0 Å². The van der Waals surface area contributed by atoms with Gasteiger partial charge < -0.3 is 15.2 Å². The summed E-state index contributed by atoms with van der Waals surface area (Å²) in [6.07, 6.45) is 3.15. The van der Waals surface area contributed by atoms with Crippen molar-refractivity contribution in [3.8, 4) is 11.1 Å². The molecule has 0 heterocycles. The van der Waals surface area contributed by atoms with Crippen molar-refractivity contribution in [3.05, 3.63) is 101 Å². The van der Waals surface area contributed by atoms with E-state index in [1.807, 2.05) is 24.3 Å². The van der Waals surface area contributed by atoms with Gasteiger partial charge in [0.2, 0.25) is 0 Å². The lowest BCUT2D eigenvalue weighted by Gasteiger charge is -2.14. The van der Waals surface area contributed by atoms with Gasteiger partial charge in [-0.25, -0.2) is 14.0 Å². The summed E-state index contributed by atoms with van der Waals surface area (Å²) in [6.45, 7) is 0.547. The van der Waals surface area contributed by atoms with E-state index in [4.69, 9.17) is 9.84 Å². The fourth-order valence-corrected chi connectivity index (χ4v) is 4.02. The van der Waals surface area contributed by atoms with Crippen molar-refractivity contribution in [1.29, 1.82) is 0 Å². The number of amides is 1. The molecule has 0 saturated heterocycles. The van der Waals surface area contributed by atoms with Crippen molar-refractivity contribution in [2.45, 2.75) is 12.3 Å². The minimum absolute atomic E-state index is 0.00420. The second-order valence-corrected chi connectivity index (χ2v) is 7.45. The first-order valence-electron chi connectivity index (χ1n) is 10.3. The van der Waals surface area contributed by atoms with E-state index in [9.17, 15) is 14.0 Å². The first kappa shape index (κ1) is 21.3. The molecule has 0 atom stereocenters. The molecule has 0 radical (unpaired) electrons. The molecule has 1 aliphatic carbocycles. The third kappa shape index (κ3) is 4.39. The van der Waals surface area contributed by atoms with Gasteiger partial charge in [-0.15, -0.1) is 0 Å². The van der Waals surface area contributed by atoms with Crippen LogP contribution in [0.1, 0.15) is 39.4 Å². The van der Waals surface area contributed by atoms with Gasteiger partial charge in [-0.2, -0.15) is 0 Å². The fourth-order valence-electron chi connectivity index (χ4n) is 4.02. The van der Waals surface area contributed by atoms with Crippen molar-refractivity contribution in [2.24, 2.45) is 0 Å². The lowest BCUT2D eigenvalue weighted by atomic mass is 9.98. The molecule has 32 heavy (non-hydrogen) atoms. The Morgan fingerprint density at radius 2 is 1.62 bits per heavy atom. The van der Waals surface area contributed by atoms with Crippen LogP contribution in [0.5, 0.6) is 0 Å². The molecule has 0 spiro atoms. The van der Waals surface area contributed by atoms with Crippen LogP contribution in [0.3, 0.4) is 0 Å². The normalized spacial score (nSPS) is 12.4. The third-order valence-corrected chi connectivity index (χ3v) is 5.48. The molecule has 162 valence electrons. The number of ether oxygens (including phenoxy) is 1. The lowest BCUT2D eigenvalue weighted by molar-refractivity contribution is 0.0691. The Hall–Kier alpha value is -3.93. The summed E-state index contributed by atoms with van der Waals surface area (Å²) in [7, 11) is 0. The van der Waals surface area contributed by atoms with Gasteiger partial charge in [0.1, 0.15) is 18.0 Å².